The lowest BCUT2D eigenvalue weighted by atomic mass is 10.2. The number of amides is 1. The van der Waals surface area contributed by atoms with E-state index in [9.17, 15) is 13.2 Å². The number of hydrogen-bond acceptors (Lipinski definition) is 5. The average Bonchev–Trinajstić information content (AvgIpc) is 3.38. The molecule has 2 aliphatic rings. The number of benzene rings is 1. The molecule has 1 aromatic carbocycles. The van der Waals surface area contributed by atoms with Gasteiger partial charge in [-0.2, -0.15) is 4.31 Å². The second kappa shape index (κ2) is 7.85. The van der Waals surface area contributed by atoms with Gasteiger partial charge in [-0.1, -0.05) is 30.0 Å². The maximum Gasteiger partial charge on any atom is 0.244 e. The molecular weight excluding hydrogens is 394 g/mol. The van der Waals surface area contributed by atoms with Crippen LogP contribution in [-0.2, 0) is 21.2 Å². The van der Waals surface area contributed by atoms with E-state index in [1.807, 2.05) is 30.0 Å². The number of anilines is 1. The largest absolute Gasteiger partial charge is 0.311 e. The number of sulfonamides is 1. The highest BCUT2D eigenvalue weighted by molar-refractivity contribution is 8.00. The summed E-state index contributed by atoms with van der Waals surface area (Å²) in [4.78, 5) is 19.2. The van der Waals surface area contributed by atoms with Gasteiger partial charge in [0.25, 0.3) is 0 Å². The van der Waals surface area contributed by atoms with Crippen molar-refractivity contribution in [3.8, 4) is 0 Å². The summed E-state index contributed by atoms with van der Waals surface area (Å²) in [5.41, 5.74) is 2.18. The Bertz CT molecular complexity index is 970. The van der Waals surface area contributed by atoms with Crippen LogP contribution in [0, 0.1) is 0 Å². The van der Waals surface area contributed by atoms with Crippen molar-refractivity contribution in [2.24, 2.45) is 0 Å². The Morgan fingerprint density at radius 1 is 1.11 bits per heavy atom. The van der Waals surface area contributed by atoms with Crippen molar-refractivity contribution in [1.29, 1.82) is 0 Å². The van der Waals surface area contributed by atoms with E-state index in [1.165, 1.54) is 27.8 Å². The molecule has 4 rings (SSSR count). The van der Waals surface area contributed by atoms with Crippen molar-refractivity contribution in [1.82, 2.24) is 9.29 Å². The van der Waals surface area contributed by atoms with Gasteiger partial charge >= 0.3 is 0 Å². The molecule has 2 aromatic rings. The van der Waals surface area contributed by atoms with Crippen molar-refractivity contribution in [2.75, 3.05) is 24.5 Å². The lowest BCUT2D eigenvalue weighted by Crippen LogP contribution is -2.35. The molecule has 28 heavy (non-hydrogen) atoms. The topological polar surface area (TPSA) is 70.6 Å². The van der Waals surface area contributed by atoms with Crippen molar-refractivity contribution in [3.05, 3.63) is 48.2 Å². The monoisotopic (exact) mass is 417 g/mol. The van der Waals surface area contributed by atoms with E-state index in [4.69, 9.17) is 0 Å². The number of fused-ring (bicyclic) bond motifs is 1. The molecular formula is C20H23N3O3S2. The summed E-state index contributed by atoms with van der Waals surface area (Å²) in [7, 11) is -3.46. The van der Waals surface area contributed by atoms with Gasteiger partial charge in [-0.05, 0) is 49.9 Å². The normalized spacial score (nSPS) is 18.2. The Hall–Kier alpha value is -1.90. The zero-order valence-corrected chi connectivity index (χ0v) is 17.4. The fourth-order valence-electron chi connectivity index (χ4n) is 3.68. The Morgan fingerprint density at radius 2 is 1.86 bits per heavy atom. The number of nitrogens with zero attached hydrogens (tertiary/aromatic N) is 3. The van der Waals surface area contributed by atoms with E-state index in [2.05, 4.69) is 11.1 Å². The summed E-state index contributed by atoms with van der Waals surface area (Å²) in [5, 5.41) is 0.341. The molecule has 1 atom stereocenters. The van der Waals surface area contributed by atoms with Gasteiger partial charge in [-0.15, -0.1) is 0 Å². The van der Waals surface area contributed by atoms with E-state index in [-0.39, 0.29) is 16.1 Å². The van der Waals surface area contributed by atoms with Gasteiger partial charge in [0, 0.05) is 31.5 Å². The standard InChI is InChI=1S/C20H23N3O3S2/c1-15(20(24)23-13-10-16-6-2-3-7-18(16)23)27-19-9-8-17(14-21-19)28(25,26)22-11-4-5-12-22/h2-3,6-9,14-15H,4-5,10-13H2,1H3/t15-/m1/s1. The van der Waals surface area contributed by atoms with Crippen molar-refractivity contribution in [3.63, 3.8) is 0 Å². The third kappa shape index (κ3) is 3.68. The van der Waals surface area contributed by atoms with E-state index in [0.717, 1.165) is 24.9 Å². The Labute approximate surface area is 170 Å². The smallest absolute Gasteiger partial charge is 0.244 e. The van der Waals surface area contributed by atoms with Crippen LogP contribution in [0.25, 0.3) is 0 Å². The molecule has 1 fully saturated rings. The first kappa shape index (κ1) is 19.4. The van der Waals surface area contributed by atoms with Gasteiger partial charge < -0.3 is 4.90 Å². The van der Waals surface area contributed by atoms with Crippen molar-refractivity contribution < 1.29 is 13.2 Å². The predicted octanol–water partition coefficient (Wildman–Crippen LogP) is 2.94. The average molecular weight is 418 g/mol. The molecule has 8 heteroatoms. The minimum atomic E-state index is -3.46. The second-order valence-corrected chi connectivity index (χ2v) is 10.4. The Morgan fingerprint density at radius 3 is 2.57 bits per heavy atom. The van der Waals surface area contributed by atoms with Crippen LogP contribution in [0.1, 0.15) is 25.3 Å². The summed E-state index contributed by atoms with van der Waals surface area (Å²) in [5.74, 6) is 0.0468. The first-order valence-electron chi connectivity index (χ1n) is 9.49. The van der Waals surface area contributed by atoms with E-state index in [1.54, 1.807) is 12.1 Å². The molecule has 0 radical (unpaired) electrons. The zero-order chi connectivity index (χ0) is 19.7. The zero-order valence-electron chi connectivity index (χ0n) is 15.7. The van der Waals surface area contributed by atoms with Crippen molar-refractivity contribution >= 4 is 33.4 Å². The summed E-state index contributed by atoms with van der Waals surface area (Å²) >= 11 is 1.35. The molecule has 0 spiro atoms. The fraction of sp³-hybridized carbons (Fsp3) is 0.400. The molecule has 1 saturated heterocycles. The van der Waals surface area contributed by atoms with E-state index >= 15 is 0 Å². The lowest BCUT2D eigenvalue weighted by molar-refractivity contribution is -0.117. The van der Waals surface area contributed by atoms with Crippen LogP contribution in [0.4, 0.5) is 5.69 Å². The van der Waals surface area contributed by atoms with Gasteiger partial charge in [0.2, 0.25) is 15.9 Å². The van der Waals surface area contributed by atoms with Crippen molar-refractivity contribution in [2.45, 2.75) is 41.4 Å². The minimum Gasteiger partial charge on any atom is -0.311 e. The summed E-state index contributed by atoms with van der Waals surface area (Å²) in [6.07, 6.45) is 4.08. The quantitative estimate of drug-likeness (QED) is 0.700. The molecule has 2 aliphatic heterocycles. The van der Waals surface area contributed by atoms with Crippen LogP contribution < -0.4 is 4.90 Å². The van der Waals surface area contributed by atoms with Crippen LogP contribution in [0.5, 0.6) is 0 Å². The Balaban J connectivity index is 1.44. The number of rotatable bonds is 5. The minimum absolute atomic E-state index is 0.0468. The van der Waals surface area contributed by atoms with Gasteiger partial charge in [0.15, 0.2) is 0 Å². The van der Waals surface area contributed by atoms with Crippen LogP contribution in [0.2, 0.25) is 0 Å². The van der Waals surface area contributed by atoms with Crippen LogP contribution in [-0.4, -0.2) is 48.5 Å². The number of thioether (sulfide) groups is 1. The van der Waals surface area contributed by atoms with Gasteiger partial charge in [-0.3, -0.25) is 4.79 Å². The molecule has 1 amide bonds. The number of para-hydroxylation sites is 1. The lowest BCUT2D eigenvalue weighted by Gasteiger charge is -2.21. The third-order valence-electron chi connectivity index (χ3n) is 5.21. The first-order valence-corrected chi connectivity index (χ1v) is 11.8. The summed E-state index contributed by atoms with van der Waals surface area (Å²) in [6.45, 7) is 3.71. The molecule has 0 aliphatic carbocycles. The number of pyridine rings is 1. The highest BCUT2D eigenvalue weighted by Gasteiger charge is 2.29. The predicted molar refractivity (Wildman–Crippen MR) is 110 cm³/mol. The van der Waals surface area contributed by atoms with E-state index < -0.39 is 10.0 Å². The molecule has 148 valence electrons. The molecule has 0 unspecified atom stereocenters. The maximum absolute atomic E-state index is 12.9. The molecule has 6 nitrogen and oxygen atoms in total. The van der Waals surface area contributed by atoms with Crippen LogP contribution in [0.3, 0.4) is 0 Å². The van der Waals surface area contributed by atoms with E-state index in [0.29, 0.717) is 24.7 Å². The second-order valence-electron chi connectivity index (χ2n) is 7.07. The number of aromatic nitrogens is 1. The molecule has 0 N–H and O–H groups in total. The molecule has 1 aromatic heterocycles. The summed E-state index contributed by atoms with van der Waals surface area (Å²) in [6, 6.07) is 11.3. The molecule has 0 bridgehead atoms. The first-order chi connectivity index (χ1) is 13.5. The van der Waals surface area contributed by atoms with Crippen LogP contribution >= 0.6 is 11.8 Å². The Kier molecular flexibility index (Phi) is 5.44. The fourth-order valence-corrected chi connectivity index (χ4v) is 6.00. The van der Waals surface area contributed by atoms with Gasteiger partial charge in [0.05, 0.1) is 10.3 Å². The van der Waals surface area contributed by atoms with Gasteiger partial charge in [0.1, 0.15) is 4.90 Å². The third-order valence-corrected chi connectivity index (χ3v) is 8.13. The van der Waals surface area contributed by atoms with Crippen LogP contribution in [0.15, 0.2) is 52.5 Å². The highest BCUT2D eigenvalue weighted by atomic mass is 32.2. The molecule has 0 saturated carbocycles. The summed E-state index contributed by atoms with van der Waals surface area (Å²) < 4.78 is 26.7. The maximum atomic E-state index is 12.9. The van der Waals surface area contributed by atoms with Gasteiger partial charge in [-0.25, -0.2) is 13.4 Å². The molecule has 3 heterocycles. The SMILES string of the molecule is C[C@@H](Sc1ccc(S(=O)(=O)N2CCCC2)cn1)C(=O)N1CCc2ccccc21. The number of carbonyl (C=O) groups is 1. The highest BCUT2D eigenvalue weighted by Crippen LogP contribution is 2.31. The number of carbonyl (C=O) groups excluding carboxylic acids is 1. The number of hydrogen-bond donors (Lipinski definition) is 0.